The molecule has 2 amide bonds. The van der Waals surface area contributed by atoms with Crippen molar-refractivity contribution in [1.29, 1.82) is 0 Å². The van der Waals surface area contributed by atoms with E-state index in [1.165, 1.54) is 0 Å². The molecule has 29 heavy (non-hydrogen) atoms. The van der Waals surface area contributed by atoms with Crippen LogP contribution in [0.2, 0.25) is 0 Å². The van der Waals surface area contributed by atoms with Crippen molar-refractivity contribution in [3.63, 3.8) is 0 Å². The molecule has 0 aliphatic heterocycles. The molecule has 0 aliphatic rings. The van der Waals surface area contributed by atoms with Gasteiger partial charge < -0.3 is 19.7 Å². The maximum absolute atomic E-state index is 12.3. The van der Waals surface area contributed by atoms with Crippen molar-refractivity contribution in [2.45, 2.75) is 20.3 Å². The lowest BCUT2D eigenvalue weighted by atomic mass is 10.1. The Morgan fingerprint density at radius 1 is 0.931 bits per heavy atom. The highest BCUT2D eigenvalue weighted by atomic mass is 16.5. The predicted octanol–water partition coefficient (Wildman–Crippen LogP) is 2.90. The first-order valence-electron chi connectivity index (χ1n) is 9.44. The molecule has 0 fully saturated rings. The summed E-state index contributed by atoms with van der Waals surface area (Å²) in [6, 6.07) is 13.6. The highest BCUT2D eigenvalue weighted by Crippen LogP contribution is 2.13. The second-order valence-electron chi connectivity index (χ2n) is 6.29. The number of benzene rings is 2. The third-order valence-corrected chi connectivity index (χ3v) is 4.34. The van der Waals surface area contributed by atoms with Crippen LogP contribution in [-0.4, -0.2) is 49.5 Å². The molecular formula is C22H26N2O5. The molecule has 7 nitrogen and oxygen atoms in total. The third-order valence-electron chi connectivity index (χ3n) is 4.34. The summed E-state index contributed by atoms with van der Waals surface area (Å²) in [5, 5.41) is 2.64. The zero-order chi connectivity index (χ0) is 21.2. The molecule has 154 valence electrons. The molecule has 0 atom stereocenters. The zero-order valence-electron chi connectivity index (χ0n) is 16.9. The Hall–Kier alpha value is -3.35. The second kappa shape index (κ2) is 10.8. The molecule has 7 heteroatoms. The van der Waals surface area contributed by atoms with Gasteiger partial charge in [-0.15, -0.1) is 0 Å². The molecule has 1 N–H and O–H groups in total. The van der Waals surface area contributed by atoms with Crippen molar-refractivity contribution in [1.82, 2.24) is 4.90 Å². The van der Waals surface area contributed by atoms with Crippen LogP contribution in [0, 0.1) is 0 Å². The normalized spacial score (nSPS) is 10.2. The molecule has 2 aromatic carbocycles. The van der Waals surface area contributed by atoms with Crippen molar-refractivity contribution in [3.05, 3.63) is 59.7 Å². The fraction of sp³-hybridized carbons (Fsp3) is 0.318. The predicted molar refractivity (Wildman–Crippen MR) is 110 cm³/mol. The number of methoxy groups -OCH3 is 1. The Bertz CT molecular complexity index is 827. The van der Waals surface area contributed by atoms with E-state index in [0.717, 1.165) is 5.56 Å². The van der Waals surface area contributed by atoms with Crippen LogP contribution in [0.5, 0.6) is 5.75 Å². The van der Waals surface area contributed by atoms with Gasteiger partial charge in [-0.3, -0.25) is 14.4 Å². The second-order valence-corrected chi connectivity index (χ2v) is 6.29. The molecule has 0 aromatic heterocycles. The lowest BCUT2D eigenvalue weighted by molar-refractivity contribution is -0.146. The first-order chi connectivity index (χ1) is 14.0. The molecule has 2 rings (SSSR count). The molecule has 0 unspecified atom stereocenters. The number of carbonyl (C=O) groups is 3. The van der Waals surface area contributed by atoms with Gasteiger partial charge in [0.25, 0.3) is 11.8 Å². The molecule has 0 spiro atoms. The molecule has 0 bridgehead atoms. The largest absolute Gasteiger partial charge is 0.497 e. The fourth-order valence-electron chi connectivity index (χ4n) is 2.69. The van der Waals surface area contributed by atoms with Gasteiger partial charge in [0.1, 0.15) is 5.75 Å². The van der Waals surface area contributed by atoms with Gasteiger partial charge in [-0.1, -0.05) is 12.1 Å². The highest BCUT2D eigenvalue weighted by Gasteiger charge is 2.13. The van der Waals surface area contributed by atoms with E-state index in [-0.39, 0.29) is 18.9 Å². The lowest BCUT2D eigenvalue weighted by Gasteiger charge is -2.18. The number of amides is 2. The van der Waals surface area contributed by atoms with Gasteiger partial charge in [0.05, 0.1) is 13.5 Å². The van der Waals surface area contributed by atoms with Crippen molar-refractivity contribution in [2.75, 3.05) is 32.1 Å². The number of anilines is 1. The lowest BCUT2D eigenvalue weighted by Crippen LogP contribution is -2.30. The van der Waals surface area contributed by atoms with Crippen molar-refractivity contribution >= 4 is 23.5 Å². The molecule has 0 radical (unpaired) electrons. The monoisotopic (exact) mass is 398 g/mol. The molecule has 0 heterocycles. The minimum atomic E-state index is -0.495. The van der Waals surface area contributed by atoms with Crippen LogP contribution < -0.4 is 10.1 Å². The summed E-state index contributed by atoms with van der Waals surface area (Å²) in [6.07, 6.45) is 0.0689. The van der Waals surface area contributed by atoms with Crippen LogP contribution in [0.4, 0.5) is 5.69 Å². The standard InChI is InChI=1S/C22H26N2O5/c1-4-24(5-2)22(27)17-8-10-18(11-9-17)23-20(25)15-29-21(26)14-16-6-12-19(28-3)13-7-16/h6-13H,4-5,14-15H2,1-3H3,(H,23,25). The summed E-state index contributed by atoms with van der Waals surface area (Å²) >= 11 is 0. The zero-order valence-corrected chi connectivity index (χ0v) is 16.9. The Balaban J connectivity index is 1.81. The summed E-state index contributed by atoms with van der Waals surface area (Å²) in [7, 11) is 1.57. The van der Waals surface area contributed by atoms with E-state index in [0.29, 0.717) is 30.1 Å². The Kier molecular flexibility index (Phi) is 8.21. The molecule has 2 aromatic rings. The summed E-state index contributed by atoms with van der Waals surface area (Å²) in [5.41, 5.74) is 1.85. The number of esters is 1. The summed E-state index contributed by atoms with van der Waals surface area (Å²) in [5.74, 6) is -0.298. The number of carbonyl (C=O) groups excluding carboxylic acids is 3. The van der Waals surface area contributed by atoms with E-state index in [2.05, 4.69) is 5.32 Å². The highest BCUT2D eigenvalue weighted by molar-refractivity contribution is 5.96. The van der Waals surface area contributed by atoms with Crippen LogP contribution in [0.25, 0.3) is 0 Å². The summed E-state index contributed by atoms with van der Waals surface area (Å²) < 4.78 is 10.1. The van der Waals surface area contributed by atoms with Crippen LogP contribution in [0.15, 0.2) is 48.5 Å². The maximum atomic E-state index is 12.3. The topological polar surface area (TPSA) is 84.9 Å². The van der Waals surface area contributed by atoms with Gasteiger partial charge in [-0.25, -0.2) is 0 Å². The Labute approximate surface area is 170 Å². The van der Waals surface area contributed by atoms with Crippen molar-refractivity contribution in [2.24, 2.45) is 0 Å². The third kappa shape index (κ3) is 6.64. The Morgan fingerprint density at radius 3 is 2.10 bits per heavy atom. The van der Waals surface area contributed by atoms with Gasteiger partial charge in [0, 0.05) is 24.3 Å². The van der Waals surface area contributed by atoms with Gasteiger partial charge in [-0.2, -0.15) is 0 Å². The van der Waals surface area contributed by atoms with Gasteiger partial charge in [0.2, 0.25) is 0 Å². The minimum absolute atomic E-state index is 0.0552. The SMILES string of the molecule is CCN(CC)C(=O)c1ccc(NC(=O)COC(=O)Cc2ccc(OC)cc2)cc1. The summed E-state index contributed by atoms with van der Waals surface area (Å²) in [4.78, 5) is 37.9. The number of nitrogens with one attached hydrogen (secondary N) is 1. The van der Waals surface area contributed by atoms with E-state index in [1.807, 2.05) is 13.8 Å². The van der Waals surface area contributed by atoms with E-state index in [1.54, 1.807) is 60.5 Å². The van der Waals surface area contributed by atoms with Crippen molar-refractivity contribution in [3.8, 4) is 5.75 Å². The maximum Gasteiger partial charge on any atom is 0.310 e. The smallest absolute Gasteiger partial charge is 0.310 e. The van der Waals surface area contributed by atoms with Crippen LogP contribution >= 0.6 is 0 Å². The van der Waals surface area contributed by atoms with Crippen LogP contribution in [0.1, 0.15) is 29.8 Å². The van der Waals surface area contributed by atoms with E-state index in [9.17, 15) is 14.4 Å². The van der Waals surface area contributed by atoms with Gasteiger partial charge in [0.15, 0.2) is 6.61 Å². The number of hydrogen-bond donors (Lipinski definition) is 1. The number of nitrogens with zero attached hydrogens (tertiary/aromatic N) is 1. The van der Waals surface area contributed by atoms with E-state index < -0.39 is 11.9 Å². The molecule has 0 saturated heterocycles. The van der Waals surface area contributed by atoms with Crippen molar-refractivity contribution < 1.29 is 23.9 Å². The molecular weight excluding hydrogens is 372 g/mol. The quantitative estimate of drug-likeness (QED) is 0.657. The van der Waals surface area contributed by atoms with E-state index >= 15 is 0 Å². The first kappa shape index (κ1) is 21.9. The van der Waals surface area contributed by atoms with Crippen LogP contribution in [-0.2, 0) is 20.7 Å². The molecule has 0 aliphatic carbocycles. The Morgan fingerprint density at radius 2 is 1.55 bits per heavy atom. The van der Waals surface area contributed by atoms with Gasteiger partial charge >= 0.3 is 5.97 Å². The number of hydrogen-bond acceptors (Lipinski definition) is 5. The molecule has 0 saturated carbocycles. The van der Waals surface area contributed by atoms with Gasteiger partial charge in [-0.05, 0) is 55.8 Å². The summed E-state index contributed by atoms with van der Waals surface area (Å²) in [6.45, 7) is 4.73. The minimum Gasteiger partial charge on any atom is -0.497 e. The average molecular weight is 398 g/mol. The number of ether oxygens (including phenoxy) is 2. The fourth-order valence-corrected chi connectivity index (χ4v) is 2.69. The number of rotatable bonds is 9. The van der Waals surface area contributed by atoms with Crippen LogP contribution in [0.3, 0.4) is 0 Å². The average Bonchev–Trinajstić information content (AvgIpc) is 2.74. The first-order valence-corrected chi connectivity index (χ1v) is 9.44. The van der Waals surface area contributed by atoms with E-state index in [4.69, 9.17) is 9.47 Å².